The van der Waals surface area contributed by atoms with E-state index in [9.17, 15) is 28.8 Å². The number of esters is 4. The number of rotatable bonds is 34. The van der Waals surface area contributed by atoms with Gasteiger partial charge in [0.05, 0.1) is 30.6 Å². The Morgan fingerprint density at radius 3 is 1.16 bits per heavy atom. The molecular formula is C57H116N2O12Si6. The Balaban J connectivity index is 0.000000730. The molecule has 3 heterocycles. The third kappa shape index (κ3) is 27.0. The highest BCUT2D eigenvalue weighted by Crippen LogP contribution is 2.47. The van der Waals surface area contributed by atoms with Crippen molar-refractivity contribution in [3.8, 4) is 0 Å². The van der Waals surface area contributed by atoms with Gasteiger partial charge in [0.25, 0.3) is 0 Å². The number of unbranched alkanes of at least 4 members (excludes halogenated alkanes) is 4. The van der Waals surface area contributed by atoms with Crippen molar-refractivity contribution in [3.05, 3.63) is 0 Å². The summed E-state index contributed by atoms with van der Waals surface area (Å²) in [5.74, 6) is -2.64. The Morgan fingerprint density at radius 2 is 0.805 bits per heavy atom. The molecule has 0 radical (unpaired) electrons. The summed E-state index contributed by atoms with van der Waals surface area (Å²) in [7, 11) is -11.3. The fourth-order valence-electron chi connectivity index (χ4n) is 11.9. The molecule has 0 saturated carbocycles. The number of cyclic esters (lactones) is 4. The molecule has 3 saturated heterocycles. The van der Waals surface area contributed by atoms with Gasteiger partial charge in [-0.15, -0.1) is 0 Å². The SMILES string of the molecule is CCCCC(C)(C)C1CC(=O)OC1=O.CCCCC(C)(CCCC(C)(C)C1CC(=O)OC1=O)C1CC(=O)N(CCC[Si](C)(C)O[Si](C)(C)O[Si](C)(C)CCCC)C1=O.CCCC[Si](C)(C)O[Si](C)(C)O[Si](C)(C)CCCN. The third-order valence-corrected chi connectivity index (χ3v) is 39.0. The van der Waals surface area contributed by atoms with E-state index in [0.29, 0.717) is 6.54 Å². The molecule has 3 fully saturated rings. The van der Waals surface area contributed by atoms with E-state index in [0.717, 1.165) is 95.3 Å². The molecule has 3 aliphatic rings. The second kappa shape index (κ2) is 31.8. The summed E-state index contributed by atoms with van der Waals surface area (Å²) < 4.78 is 35.8. The molecule has 3 aliphatic heterocycles. The average molecular weight is 1190 g/mol. The fraction of sp³-hybridized carbons (Fsp3) is 0.895. The molecule has 0 aliphatic carbocycles. The fourth-order valence-corrected chi connectivity index (χ4v) is 40.4. The van der Waals surface area contributed by atoms with Crippen LogP contribution in [-0.2, 0) is 54.7 Å². The molecule has 450 valence electrons. The number of carbonyl (C=O) groups is 6. The van der Waals surface area contributed by atoms with E-state index in [-0.39, 0.29) is 71.1 Å². The van der Waals surface area contributed by atoms with Crippen LogP contribution in [0.1, 0.15) is 178 Å². The first kappa shape index (κ1) is 73.5. The molecule has 14 nitrogen and oxygen atoms in total. The molecule has 2 N–H and O–H groups in total. The molecule has 0 aromatic heterocycles. The van der Waals surface area contributed by atoms with Crippen molar-refractivity contribution in [2.45, 2.75) is 281 Å². The number of amides is 2. The van der Waals surface area contributed by atoms with E-state index in [1.165, 1.54) is 36.6 Å². The van der Waals surface area contributed by atoms with Crippen molar-refractivity contribution >= 4 is 86.1 Å². The Morgan fingerprint density at radius 1 is 0.468 bits per heavy atom. The predicted molar refractivity (Wildman–Crippen MR) is 328 cm³/mol. The zero-order valence-electron chi connectivity index (χ0n) is 53.1. The van der Waals surface area contributed by atoms with E-state index in [1.807, 2.05) is 27.7 Å². The Kier molecular flexibility index (Phi) is 30.4. The van der Waals surface area contributed by atoms with Gasteiger partial charge in [0, 0.05) is 13.0 Å². The first-order valence-corrected chi connectivity index (χ1v) is 48.1. The summed E-state index contributed by atoms with van der Waals surface area (Å²) in [5, 5.41) is 0. The first-order chi connectivity index (χ1) is 35.2. The van der Waals surface area contributed by atoms with Crippen molar-refractivity contribution in [1.29, 1.82) is 0 Å². The van der Waals surface area contributed by atoms with Crippen molar-refractivity contribution in [2.24, 2.45) is 39.7 Å². The van der Waals surface area contributed by atoms with E-state index < -0.39 is 68.2 Å². The monoisotopic (exact) mass is 1190 g/mol. The number of nitrogens with zero attached hydrogens (tertiary/aromatic N) is 1. The van der Waals surface area contributed by atoms with Gasteiger partial charge in [-0.25, -0.2) is 0 Å². The van der Waals surface area contributed by atoms with E-state index >= 15 is 0 Å². The molecule has 0 aromatic carbocycles. The second-order valence-electron chi connectivity index (χ2n) is 27.9. The van der Waals surface area contributed by atoms with Gasteiger partial charge in [-0.05, 0) is 164 Å². The number of imide groups is 1. The molecular weight excluding hydrogens is 1070 g/mol. The van der Waals surface area contributed by atoms with Gasteiger partial charge < -0.3 is 31.7 Å². The minimum absolute atomic E-state index is 0.0278. The van der Waals surface area contributed by atoms with Gasteiger partial charge in [-0.1, -0.05) is 120 Å². The number of carbonyl (C=O) groups excluding carboxylic acids is 6. The van der Waals surface area contributed by atoms with Crippen molar-refractivity contribution in [3.63, 3.8) is 0 Å². The van der Waals surface area contributed by atoms with Crippen LogP contribution in [0.4, 0.5) is 0 Å². The lowest BCUT2D eigenvalue weighted by Gasteiger charge is -2.39. The Hall–Kier alpha value is -1.48. The summed E-state index contributed by atoms with van der Waals surface area (Å²) >= 11 is 0. The van der Waals surface area contributed by atoms with E-state index in [1.54, 1.807) is 0 Å². The maximum absolute atomic E-state index is 13.8. The highest BCUT2D eigenvalue weighted by atomic mass is 28.5. The maximum atomic E-state index is 13.8. The van der Waals surface area contributed by atoms with Crippen LogP contribution in [0.25, 0.3) is 0 Å². The highest BCUT2D eigenvalue weighted by molar-refractivity contribution is 6.88. The van der Waals surface area contributed by atoms with Crippen LogP contribution >= 0.6 is 0 Å². The third-order valence-electron chi connectivity index (χ3n) is 16.1. The van der Waals surface area contributed by atoms with Crippen LogP contribution in [-0.4, -0.2) is 104 Å². The summed E-state index contributed by atoms with van der Waals surface area (Å²) in [6, 6.07) is 4.41. The molecule has 4 unspecified atom stereocenters. The lowest BCUT2D eigenvalue weighted by atomic mass is 9.67. The number of hydrogen-bond acceptors (Lipinski definition) is 13. The predicted octanol–water partition coefficient (Wildman–Crippen LogP) is 14.8. The minimum Gasteiger partial charge on any atom is -0.437 e. The van der Waals surface area contributed by atoms with E-state index in [4.69, 9.17) is 26.9 Å². The maximum Gasteiger partial charge on any atom is 0.317 e. The lowest BCUT2D eigenvalue weighted by molar-refractivity contribution is -0.156. The number of likely N-dealkylation sites (tertiary alicyclic amines) is 1. The van der Waals surface area contributed by atoms with Gasteiger partial charge in [0.15, 0.2) is 33.3 Å². The highest BCUT2D eigenvalue weighted by Gasteiger charge is 2.50. The standard InChI is InChI=1S/C33H63NO7Si3.C13H35NO2Si3.C11H18O3/c1-12-14-19-33(5,20-16-18-32(3,4)27-25-29(36)39-31(27)38)26-24-28(35)34(30(26)37)21-17-23-43(8,9)41-44(10,11)40-42(6,7)22-15-13-2;1-8-9-12-17(2,3)15-19(6,7)16-18(4,5)13-10-11-14;1-4-5-6-11(2,3)8-7-9(12)14-10(8)13/h26-27H,12-25H2,1-11H3;8-14H2,1-7H3;8H,4-7H2,1-3H3. The molecule has 20 heteroatoms. The largest absolute Gasteiger partial charge is 0.437 e. The van der Waals surface area contributed by atoms with Crippen molar-refractivity contribution < 1.29 is 54.7 Å². The average Bonchev–Trinajstić information content (AvgIpc) is 3.92. The number of ether oxygens (including phenoxy) is 2. The zero-order valence-corrected chi connectivity index (χ0v) is 59.1. The molecule has 2 amide bonds. The summed E-state index contributed by atoms with van der Waals surface area (Å²) in [5.41, 5.74) is 4.83. The minimum atomic E-state index is -2.29. The summed E-state index contributed by atoms with van der Waals surface area (Å²) in [6.07, 6.45) is 15.8. The topological polar surface area (TPSA) is 187 Å². The van der Waals surface area contributed by atoms with Gasteiger partial charge >= 0.3 is 41.0 Å². The second-order valence-corrected chi connectivity index (χ2v) is 52.8. The molecule has 0 bridgehead atoms. The molecule has 4 atom stereocenters. The summed E-state index contributed by atoms with van der Waals surface area (Å²) in [6.45, 7) is 47.3. The molecule has 0 spiro atoms. The quantitative estimate of drug-likeness (QED) is 0.0278. The normalized spacial score (nSPS) is 20.0. The number of nitrogens with two attached hydrogens (primary N) is 1. The van der Waals surface area contributed by atoms with Gasteiger partial charge in [-0.2, -0.15) is 0 Å². The summed E-state index contributed by atoms with van der Waals surface area (Å²) in [4.78, 5) is 74.7. The number of hydrogen-bond donors (Lipinski definition) is 1. The first-order valence-electron chi connectivity index (χ1n) is 30.0. The molecule has 77 heavy (non-hydrogen) atoms. The van der Waals surface area contributed by atoms with E-state index in [2.05, 4.69) is 118 Å². The van der Waals surface area contributed by atoms with Crippen molar-refractivity contribution in [2.75, 3.05) is 13.1 Å². The van der Waals surface area contributed by atoms with Crippen LogP contribution in [0.15, 0.2) is 0 Å². The van der Waals surface area contributed by atoms with Gasteiger partial charge in [0.1, 0.15) is 0 Å². The lowest BCUT2D eigenvalue weighted by Crippen LogP contribution is -2.52. The molecule has 3 rings (SSSR count). The van der Waals surface area contributed by atoms with Crippen LogP contribution < -0.4 is 5.73 Å². The van der Waals surface area contributed by atoms with Crippen LogP contribution in [0.2, 0.25) is 103 Å². The van der Waals surface area contributed by atoms with Crippen LogP contribution in [0, 0.1) is 34.0 Å². The molecule has 0 aromatic rings. The van der Waals surface area contributed by atoms with Crippen LogP contribution in [0.5, 0.6) is 0 Å². The Labute approximate surface area is 476 Å². The zero-order chi connectivity index (χ0) is 59.5. The smallest absolute Gasteiger partial charge is 0.317 e. The van der Waals surface area contributed by atoms with Gasteiger partial charge in [-0.3, -0.25) is 33.7 Å². The van der Waals surface area contributed by atoms with Gasteiger partial charge in [0.2, 0.25) is 11.8 Å². The van der Waals surface area contributed by atoms with Crippen LogP contribution in [0.3, 0.4) is 0 Å². The van der Waals surface area contributed by atoms with Crippen molar-refractivity contribution in [1.82, 2.24) is 4.90 Å². The Bertz CT molecular complexity index is 1870.